The summed E-state index contributed by atoms with van der Waals surface area (Å²) < 4.78 is 4.70. The second-order valence-electron chi connectivity index (χ2n) is 5.22. The van der Waals surface area contributed by atoms with Crippen LogP contribution >= 0.6 is 0 Å². The Hall–Kier alpha value is -1.64. The molecule has 0 aliphatic carbocycles. The summed E-state index contributed by atoms with van der Waals surface area (Å²) in [6.45, 7) is 8.96. The molecular formula is C15H20O3. The summed E-state index contributed by atoms with van der Waals surface area (Å²) >= 11 is 0. The smallest absolute Gasteiger partial charge is 0.319 e. The first-order valence-corrected chi connectivity index (χ1v) is 5.93. The molecule has 0 saturated heterocycles. The van der Waals surface area contributed by atoms with Gasteiger partial charge in [0.05, 0.1) is 7.11 Å². The number of ketones is 1. The van der Waals surface area contributed by atoms with Crippen LogP contribution in [-0.2, 0) is 9.53 Å². The summed E-state index contributed by atoms with van der Waals surface area (Å²) in [5, 5.41) is 0. The Kier molecular flexibility index (Phi) is 3.95. The lowest BCUT2D eigenvalue weighted by Gasteiger charge is -2.22. The molecule has 98 valence electrons. The summed E-state index contributed by atoms with van der Waals surface area (Å²) in [6, 6.07) is 3.90. The number of carbonyl (C=O) groups is 2. The number of methoxy groups -OCH3 is 1. The maximum absolute atomic E-state index is 12.5. The fraction of sp³-hybridized carbons (Fsp3) is 0.467. The maximum Gasteiger partial charge on any atom is 0.319 e. The lowest BCUT2D eigenvalue weighted by atomic mass is 9.81. The summed E-state index contributed by atoms with van der Waals surface area (Å²) in [7, 11) is 1.30. The maximum atomic E-state index is 12.5. The summed E-state index contributed by atoms with van der Waals surface area (Å²) in [5.74, 6) is -0.698. The van der Waals surface area contributed by atoms with Gasteiger partial charge < -0.3 is 4.74 Å². The predicted molar refractivity (Wildman–Crippen MR) is 70.8 cm³/mol. The van der Waals surface area contributed by atoms with Crippen molar-refractivity contribution in [3.8, 4) is 0 Å². The number of ether oxygens (including phenoxy) is 1. The molecule has 0 atom stereocenters. The van der Waals surface area contributed by atoms with Crippen LogP contribution in [0.25, 0.3) is 0 Å². The number of carbonyl (C=O) groups excluding carboxylic acids is 2. The number of Topliss-reactive ketones (excluding diaryl/α,β-unsaturated/α-hetero) is 1. The van der Waals surface area contributed by atoms with Gasteiger partial charge in [0.25, 0.3) is 0 Å². The molecule has 0 radical (unpaired) electrons. The molecule has 0 fully saturated rings. The number of hydrogen-bond acceptors (Lipinski definition) is 3. The molecule has 3 nitrogen and oxygen atoms in total. The first-order valence-electron chi connectivity index (χ1n) is 5.93. The predicted octanol–water partition coefficient (Wildman–Crippen LogP) is 2.99. The molecule has 0 spiro atoms. The Morgan fingerprint density at radius 3 is 1.89 bits per heavy atom. The van der Waals surface area contributed by atoms with Crippen molar-refractivity contribution in [1.29, 1.82) is 0 Å². The Balaban J connectivity index is 3.32. The van der Waals surface area contributed by atoms with Gasteiger partial charge in [0.2, 0.25) is 0 Å². The van der Waals surface area contributed by atoms with E-state index in [0.717, 1.165) is 16.7 Å². The standard InChI is InChI=1S/C15H20O3/c1-9-7-10(2)12(11(3)8-9)13(16)15(4,5)14(17)18-6/h7-8H,1-6H3. The van der Waals surface area contributed by atoms with Gasteiger partial charge in [0.15, 0.2) is 5.78 Å². The van der Waals surface area contributed by atoms with Gasteiger partial charge in [-0.1, -0.05) is 17.7 Å². The molecule has 1 aromatic carbocycles. The van der Waals surface area contributed by atoms with E-state index in [1.165, 1.54) is 7.11 Å². The van der Waals surface area contributed by atoms with E-state index in [4.69, 9.17) is 4.74 Å². The zero-order chi connectivity index (χ0) is 14.1. The second kappa shape index (κ2) is 4.92. The summed E-state index contributed by atoms with van der Waals surface area (Å²) in [4.78, 5) is 24.2. The lowest BCUT2D eigenvalue weighted by Crippen LogP contribution is -2.35. The minimum Gasteiger partial charge on any atom is -0.468 e. The van der Waals surface area contributed by atoms with Gasteiger partial charge in [-0.3, -0.25) is 9.59 Å². The van der Waals surface area contributed by atoms with Gasteiger partial charge in [0, 0.05) is 5.56 Å². The molecule has 0 bridgehead atoms. The molecule has 0 N–H and O–H groups in total. The number of rotatable bonds is 3. The van der Waals surface area contributed by atoms with Crippen LogP contribution < -0.4 is 0 Å². The Morgan fingerprint density at radius 1 is 1.06 bits per heavy atom. The van der Waals surface area contributed by atoms with Crippen LogP contribution in [0.5, 0.6) is 0 Å². The quantitative estimate of drug-likeness (QED) is 0.469. The topological polar surface area (TPSA) is 43.4 Å². The van der Waals surface area contributed by atoms with Crippen LogP contribution in [0, 0.1) is 26.2 Å². The molecule has 0 aliphatic heterocycles. The third kappa shape index (κ3) is 2.45. The van der Waals surface area contributed by atoms with Crippen molar-refractivity contribution in [3.05, 3.63) is 34.4 Å². The molecule has 0 aliphatic rings. The van der Waals surface area contributed by atoms with E-state index in [9.17, 15) is 9.59 Å². The van der Waals surface area contributed by atoms with E-state index < -0.39 is 11.4 Å². The largest absolute Gasteiger partial charge is 0.468 e. The second-order valence-corrected chi connectivity index (χ2v) is 5.22. The van der Waals surface area contributed by atoms with E-state index in [0.29, 0.717) is 5.56 Å². The fourth-order valence-electron chi connectivity index (χ4n) is 2.20. The van der Waals surface area contributed by atoms with E-state index in [2.05, 4.69) is 0 Å². The number of benzene rings is 1. The van der Waals surface area contributed by atoms with Gasteiger partial charge >= 0.3 is 5.97 Å². The molecule has 18 heavy (non-hydrogen) atoms. The normalized spacial score (nSPS) is 11.2. The van der Waals surface area contributed by atoms with Crippen LogP contribution in [0.2, 0.25) is 0 Å². The molecule has 0 saturated carbocycles. The number of hydrogen-bond donors (Lipinski definition) is 0. The Morgan fingerprint density at radius 2 is 1.50 bits per heavy atom. The third-order valence-corrected chi connectivity index (χ3v) is 3.17. The molecule has 0 unspecified atom stereocenters. The fourth-order valence-corrected chi connectivity index (χ4v) is 2.20. The molecule has 1 aromatic rings. The molecular weight excluding hydrogens is 228 g/mol. The highest BCUT2D eigenvalue weighted by Crippen LogP contribution is 2.28. The van der Waals surface area contributed by atoms with E-state index in [1.54, 1.807) is 13.8 Å². The SMILES string of the molecule is COC(=O)C(C)(C)C(=O)c1c(C)cc(C)cc1C. The summed E-state index contributed by atoms with van der Waals surface area (Å²) in [6.07, 6.45) is 0. The minimum absolute atomic E-state index is 0.190. The van der Waals surface area contributed by atoms with Crippen molar-refractivity contribution in [1.82, 2.24) is 0 Å². The zero-order valence-electron chi connectivity index (χ0n) is 11.9. The molecule has 0 aromatic heterocycles. The Bertz CT molecular complexity index is 475. The van der Waals surface area contributed by atoms with Crippen molar-refractivity contribution in [3.63, 3.8) is 0 Å². The van der Waals surface area contributed by atoms with Crippen molar-refractivity contribution >= 4 is 11.8 Å². The average molecular weight is 248 g/mol. The van der Waals surface area contributed by atoms with E-state index >= 15 is 0 Å². The molecule has 1 rings (SSSR count). The first-order chi connectivity index (χ1) is 8.21. The number of aryl methyl sites for hydroxylation is 3. The highest BCUT2D eigenvalue weighted by molar-refractivity contribution is 6.13. The van der Waals surface area contributed by atoms with E-state index in [-0.39, 0.29) is 5.78 Å². The minimum atomic E-state index is -1.15. The van der Waals surface area contributed by atoms with Crippen molar-refractivity contribution in [2.24, 2.45) is 5.41 Å². The van der Waals surface area contributed by atoms with Crippen molar-refractivity contribution in [2.45, 2.75) is 34.6 Å². The van der Waals surface area contributed by atoms with Crippen LogP contribution in [0.1, 0.15) is 40.9 Å². The third-order valence-electron chi connectivity index (χ3n) is 3.17. The Labute approximate surface area is 108 Å². The molecule has 3 heteroatoms. The van der Waals surface area contributed by atoms with Gasteiger partial charge in [-0.05, 0) is 45.7 Å². The van der Waals surface area contributed by atoms with Crippen LogP contribution in [0.15, 0.2) is 12.1 Å². The van der Waals surface area contributed by atoms with Gasteiger partial charge in [-0.2, -0.15) is 0 Å². The van der Waals surface area contributed by atoms with Crippen molar-refractivity contribution in [2.75, 3.05) is 7.11 Å². The summed E-state index contributed by atoms with van der Waals surface area (Å²) in [5.41, 5.74) is 2.37. The van der Waals surface area contributed by atoms with Gasteiger partial charge in [-0.25, -0.2) is 0 Å². The van der Waals surface area contributed by atoms with Gasteiger partial charge in [0.1, 0.15) is 5.41 Å². The highest BCUT2D eigenvalue weighted by Gasteiger charge is 2.38. The average Bonchev–Trinajstić information content (AvgIpc) is 2.26. The molecule has 0 heterocycles. The van der Waals surface area contributed by atoms with E-state index in [1.807, 2.05) is 32.9 Å². The zero-order valence-corrected chi connectivity index (χ0v) is 11.9. The lowest BCUT2D eigenvalue weighted by molar-refractivity contribution is -0.147. The van der Waals surface area contributed by atoms with Crippen molar-refractivity contribution < 1.29 is 14.3 Å². The first kappa shape index (κ1) is 14.4. The monoisotopic (exact) mass is 248 g/mol. The van der Waals surface area contributed by atoms with Gasteiger partial charge in [-0.15, -0.1) is 0 Å². The van der Waals surface area contributed by atoms with Crippen LogP contribution in [0.4, 0.5) is 0 Å². The number of esters is 1. The van der Waals surface area contributed by atoms with Crippen LogP contribution in [-0.4, -0.2) is 18.9 Å². The highest BCUT2D eigenvalue weighted by atomic mass is 16.5. The molecule has 0 amide bonds. The van der Waals surface area contributed by atoms with Crippen LogP contribution in [0.3, 0.4) is 0 Å².